The van der Waals surface area contributed by atoms with Crippen LogP contribution in [0.15, 0.2) is 24.3 Å². The Bertz CT molecular complexity index is 343. The van der Waals surface area contributed by atoms with Gasteiger partial charge in [0.2, 0.25) is 0 Å². The summed E-state index contributed by atoms with van der Waals surface area (Å²) in [6, 6.07) is 8.97. The van der Waals surface area contributed by atoms with Gasteiger partial charge in [-0.25, -0.2) is 0 Å². The first-order chi connectivity index (χ1) is 8.49. The van der Waals surface area contributed by atoms with Gasteiger partial charge in [0.25, 0.3) is 0 Å². The summed E-state index contributed by atoms with van der Waals surface area (Å²) >= 11 is 0. The molecule has 0 aromatic heterocycles. The number of hydrogen-bond donors (Lipinski definition) is 1. The third-order valence-corrected chi connectivity index (χ3v) is 3.43. The molecule has 0 bridgehead atoms. The second-order valence-corrected chi connectivity index (χ2v) is 5.67. The molecule has 1 aromatic rings. The smallest absolute Gasteiger partial charge is 0.118 e. The first kappa shape index (κ1) is 15.0. The summed E-state index contributed by atoms with van der Waals surface area (Å²) in [6.07, 6.45) is 2.33. The molecule has 1 rings (SSSR count). The maximum Gasteiger partial charge on any atom is 0.118 e. The molecular weight excluding hydrogens is 222 g/mol. The van der Waals surface area contributed by atoms with Gasteiger partial charge in [-0.1, -0.05) is 32.9 Å². The fourth-order valence-corrected chi connectivity index (χ4v) is 2.39. The maximum absolute atomic E-state index is 5.20. The lowest BCUT2D eigenvalue weighted by Gasteiger charge is -2.29. The number of hydrogen-bond acceptors (Lipinski definition) is 2. The van der Waals surface area contributed by atoms with E-state index in [9.17, 15) is 0 Å². The minimum Gasteiger partial charge on any atom is -0.497 e. The number of rotatable bonds is 7. The van der Waals surface area contributed by atoms with Gasteiger partial charge in [0.1, 0.15) is 5.75 Å². The monoisotopic (exact) mass is 249 g/mol. The Morgan fingerprint density at radius 1 is 1.22 bits per heavy atom. The minimum atomic E-state index is 0.187. The zero-order valence-corrected chi connectivity index (χ0v) is 12.4. The molecule has 1 unspecified atom stereocenters. The molecule has 0 aliphatic rings. The SMILES string of the molecule is CCCNC(C)CC(C)(C)c1ccc(OC)cc1. The van der Waals surface area contributed by atoms with Crippen LogP contribution >= 0.6 is 0 Å². The van der Waals surface area contributed by atoms with E-state index < -0.39 is 0 Å². The summed E-state index contributed by atoms with van der Waals surface area (Å²) in [7, 11) is 1.71. The summed E-state index contributed by atoms with van der Waals surface area (Å²) in [6.45, 7) is 10.2. The van der Waals surface area contributed by atoms with Gasteiger partial charge in [0.05, 0.1) is 7.11 Å². The zero-order valence-electron chi connectivity index (χ0n) is 12.4. The zero-order chi connectivity index (χ0) is 13.6. The molecule has 102 valence electrons. The summed E-state index contributed by atoms with van der Waals surface area (Å²) < 4.78 is 5.20. The van der Waals surface area contributed by atoms with E-state index in [2.05, 4.69) is 45.1 Å². The third kappa shape index (κ3) is 4.34. The molecule has 0 amide bonds. The van der Waals surface area contributed by atoms with Crippen molar-refractivity contribution in [3.05, 3.63) is 29.8 Å². The topological polar surface area (TPSA) is 21.3 Å². The van der Waals surface area contributed by atoms with Gasteiger partial charge >= 0.3 is 0 Å². The molecule has 0 aliphatic heterocycles. The van der Waals surface area contributed by atoms with Crippen LogP contribution in [0.25, 0.3) is 0 Å². The summed E-state index contributed by atoms with van der Waals surface area (Å²) in [5.41, 5.74) is 1.56. The van der Waals surface area contributed by atoms with Crippen molar-refractivity contribution >= 4 is 0 Å². The Labute approximate surface area is 112 Å². The highest BCUT2D eigenvalue weighted by Gasteiger charge is 2.23. The Morgan fingerprint density at radius 3 is 2.33 bits per heavy atom. The van der Waals surface area contributed by atoms with Crippen LogP contribution in [0.2, 0.25) is 0 Å². The van der Waals surface area contributed by atoms with Crippen LogP contribution in [-0.4, -0.2) is 19.7 Å². The molecule has 0 aliphatic carbocycles. The lowest BCUT2D eigenvalue weighted by Crippen LogP contribution is -2.33. The van der Waals surface area contributed by atoms with Crippen molar-refractivity contribution in [2.24, 2.45) is 0 Å². The molecule has 2 heteroatoms. The first-order valence-corrected chi connectivity index (χ1v) is 6.87. The number of nitrogens with one attached hydrogen (secondary N) is 1. The second-order valence-electron chi connectivity index (χ2n) is 5.67. The van der Waals surface area contributed by atoms with E-state index in [0.717, 1.165) is 18.7 Å². The highest BCUT2D eigenvalue weighted by Crippen LogP contribution is 2.29. The van der Waals surface area contributed by atoms with Crippen LogP contribution in [0.1, 0.15) is 46.1 Å². The maximum atomic E-state index is 5.20. The van der Waals surface area contributed by atoms with Crippen LogP contribution in [0.4, 0.5) is 0 Å². The largest absolute Gasteiger partial charge is 0.497 e. The lowest BCUT2D eigenvalue weighted by molar-refractivity contribution is 0.387. The molecule has 0 radical (unpaired) electrons. The molecule has 1 aromatic carbocycles. The molecule has 2 nitrogen and oxygen atoms in total. The van der Waals surface area contributed by atoms with E-state index in [4.69, 9.17) is 4.74 Å². The summed E-state index contributed by atoms with van der Waals surface area (Å²) in [4.78, 5) is 0. The molecule has 0 heterocycles. The second kappa shape index (κ2) is 6.79. The Hall–Kier alpha value is -1.02. The van der Waals surface area contributed by atoms with Crippen LogP contribution in [0, 0.1) is 0 Å². The standard InChI is InChI=1S/C16H27NO/c1-6-11-17-13(2)12-16(3,4)14-7-9-15(18-5)10-8-14/h7-10,13,17H,6,11-12H2,1-5H3. The van der Waals surface area contributed by atoms with E-state index in [0.29, 0.717) is 6.04 Å². The number of ether oxygens (including phenoxy) is 1. The quantitative estimate of drug-likeness (QED) is 0.794. The average Bonchev–Trinajstić information content (AvgIpc) is 2.36. The molecular formula is C16H27NO. The molecule has 0 saturated carbocycles. The molecule has 1 N–H and O–H groups in total. The van der Waals surface area contributed by atoms with Gasteiger partial charge in [-0.2, -0.15) is 0 Å². The van der Waals surface area contributed by atoms with Gasteiger partial charge < -0.3 is 10.1 Å². The summed E-state index contributed by atoms with van der Waals surface area (Å²) in [5, 5.41) is 3.56. The van der Waals surface area contributed by atoms with Crippen LogP contribution in [0.3, 0.4) is 0 Å². The normalized spacial score (nSPS) is 13.4. The highest BCUT2D eigenvalue weighted by molar-refractivity contribution is 5.31. The van der Waals surface area contributed by atoms with Gasteiger partial charge in [-0.15, -0.1) is 0 Å². The highest BCUT2D eigenvalue weighted by atomic mass is 16.5. The molecule has 18 heavy (non-hydrogen) atoms. The lowest BCUT2D eigenvalue weighted by atomic mass is 9.79. The predicted octanol–water partition coefficient (Wildman–Crippen LogP) is 3.75. The van der Waals surface area contributed by atoms with E-state index in [1.807, 2.05) is 12.1 Å². The van der Waals surface area contributed by atoms with E-state index >= 15 is 0 Å². The first-order valence-electron chi connectivity index (χ1n) is 6.87. The number of methoxy groups -OCH3 is 1. The average molecular weight is 249 g/mol. The van der Waals surface area contributed by atoms with Crippen LogP contribution in [0.5, 0.6) is 5.75 Å². The number of benzene rings is 1. The van der Waals surface area contributed by atoms with E-state index in [-0.39, 0.29) is 5.41 Å². The molecule has 0 fully saturated rings. The van der Waals surface area contributed by atoms with Crippen molar-refractivity contribution in [3.63, 3.8) is 0 Å². The van der Waals surface area contributed by atoms with Crippen molar-refractivity contribution in [1.82, 2.24) is 5.32 Å². The van der Waals surface area contributed by atoms with Gasteiger partial charge in [0.15, 0.2) is 0 Å². The van der Waals surface area contributed by atoms with Crippen LogP contribution < -0.4 is 10.1 Å². The molecule has 0 saturated heterocycles. The van der Waals surface area contributed by atoms with Crippen molar-refractivity contribution < 1.29 is 4.74 Å². The van der Waals surface area contributed by atoms with Crippen LogP contribution in [-0.2, 0) is 5.41 Å². The Kier molecular flexibility index (Phi) is 5.67. The Balaban J connectivity index is 2.66. The fourth-order valence-electron chi connectivity index (χ4n) is 2.39. The molecule has 1 atom stereocenters. The Morgan fingerprint density at radius 2 is 1.83 bits per heavy atom. The van der Waals surface area contributed by atoms with Crippen molar-refractivity contribution in [2.75, 3.05) is 13.7 Å². The minimum absolute atomic E-state index is 0.187. The molecule has 0 spiro atoms. The van der Waals surface area contributed by atoms with Crippen molar-refractivity contribution in [2.45, 2.75) is 52.0 Å². The van der Waals surface area contributed by atoms with E-state index in [1.54, 1.807) is 7.11 Å². The predicted molar refractivity (Wildman–Crippen MR) is 78.4 cm³/mol. The van der Waals surface area contributed by atoms with E-state index in [1.165, 1.54) is 12.0 Å². The van der Waals surface area contributed by atoms with Gasteiger partial charge in [-0.05, 0) is 49.4 Å². The van der Waals surface area contributed by atoms with Crippen molar-refractivity contribution in [3.8, 4) is 5.75 Å². The summed E-state index contributed by atoms with van der Waals surface area (Å²) in [5.74, 6) is 0.923. The third-order valence-electron chi connectivity index (χ3n) is 3.43. The van der Waals surface area contributed by atoms with Crippen molar-refractivity contribution in [1.29, 1.82) is 0 Å². The van der Waals surface area contributed by atoms with Gasteiger partial charge in [-0.3, -0.25) is 0 Å². The fraction of sp³-hybridized carbons (Fsp3) is 0.625. The van der Waals surface area contributed by atoms with Gasteiger partial charge in [0, 0.05) is 6.04 Å².